The van der Waals surface area contributed by atoms with Gasteiger partial charge in [0.25, 0.3) is 0 Å². The highest BCUT2D eigenvalue weighted by atomic mass is 16.7. The Morgan fingerprint density at radius 2 is 2.00 bits per heavy atom. The fourth-order valence-electron chi connectivity index (χ4n) is 1.28. The molecule has 0 bridgehead atoms. The van der Waals surface area contributed by atoms with Crippen LogP contribution in [0, 0.1) is 6.92 Å². The molecule has 12 heavy (non-hydrogen) atoms. The van der Waals surface area contributed by atoms with Crippen LogP contribution < -0.4 is 5.48 Å². The minimum atomic E-state index is 0.108. The molecule has 0 aromatic heterocycles. The minimum absolute atomic E-state index is 0.108. The van der Waals surface area contributed by atoms with E-state index < -0.39 is 0 Å². The van der Waals surface area contributed by atoms with Gasteiger partial charge >= 0.3 is 0 Å². The minimum Gasteiger partial charge on any atom is -0.294 e. The van der Waals surface area contributed by atoms with Gasteiger partial charge in [0.1, 0.15) is 6.10 Å². The lowest BCUT2D eigenvalue weighted by Gasteiger charge is -2.13. The van der Waals surface area contributed by atoms with Crippen LogP contribution in [0.15, 0.2) is 24.3 Å². The van der Waals surface area contributed by atoms with Crippen LogP contribution in [0.4, 0.5) is 0 Å². The third-order valence-electron chi connectivity index (χ3n) is 1.92. The zero-order chi connectivity index (χ0) is 8.97. The number of benzene rings is 1. The molecule has 1 atom stereocenters. The average molecular weight is 165 g/mol. The molecule has 0 heterocycles. The van der Waals surface area contributed by atoms with Crippen molar-refractivity contribution in [1.82, 2.24) is 5.48 Å². The summed E-state index contributed by atoms with van der Waals surface area (Å²) < 4.78 is 0. The maximum absolute atomic E-state index is 5.26. The van der Waals surface area contributed by atoms with E-state index in [4.69, 9.17) is 4.84 Å². The van der Waals surface area contributed by atoms with Gasteiger partial charge in [-0.3, -0.25) is 4.84 Å². The van der Waals surface area contributed by atoms with Crippen LogP contribution in [0.3, 0.4) is 0 Å². The molecule has 1 N–H and O–H groups in total. The molecule has 66 valence electrons. The van der Waals surface area contributed by atoms with Crippen LogP contribution in [0.25, 0.3) is 0 Å². The normalized spacial score (nSPS) is 12.9. The molecule has 0 aliphatic rings. The molecule has 0 amide bonds. The average Bonchev–Trinajstić information content (AvgIpc) is 2.05. The monoisotopic (exact) mass is 165 g/mol. The van der Waals surface area contributed by atoms with Gasteiger partial charge in [-0.1, -0.05) is 24.3 Å². The van der Waals surface area contributed by atoms with Crippen molar-refractivity contribution in [3.05, 3.63) is 35.4 Å². The van der Waals surface area contributed by atoms with E-state index in [0.717, 1.165) is 0 Å². The molecule has 1 aromatic carbocycles. The molecule has 2 nitrogen and oxygen atoms in total. The Morgan fingerprint density at radius 3 is 2.58 bits per heavy atom. The highest BCUT2D eigenvalue weighted by Crippen LogP contribution is 2.18. The van der Waals surface area contributed by atoms with Crippen molar-refractivity contribution in [3.63, 3.8) is 0 Å². The van der Waals surface area contributed by atoms with Crippen LogP contribution in [0.2, 0.25) is 0 Å². The van der Waals surface area contributed by atoms with E-state index >= 15 is 0 Å². The summed E-state index contributed by atoms with van der Waals surface area (Å²) in [5, 5.41) is 0. The van der Waals surface area contributed by atoms with Crippen LogP contribution in [0.5, 0.6) is 0 Å². The molecule has 1 unspecified atom stereocenters. The molecule has 0 fully saturated rings. The Bertz CT molecular complexity index is 247. The van der Waals surface area contributed by atoms with Gasteiger partial charge in [0.15, 0.2) is 0 Å². The molecular formula is C10H15NO. The molecule has 1 rings (SSSR count). The fourth-order valence-corrected chi connectivity index (χ4v) is 1.28. The number of hydrogen-bond donors (Lipinski definition) is 1. The molecule has 0 saturated heterocycles. The second-order valence-corrected chi connectivity index (χ2v) is 2.82. The predicted octanol–water partition coefficient (Wildman–Crippen LogP) is 2.21. The Kier molecular flexibility index (Phi) is 3.26. The van der Waals surface area contributed by atoms with E-state index in [9.17, 15) is 0 Å². The van der Waals surface area contributed by atoms with Gasteiger partial charge in [-0.15, -0.1) is 0 Å². The van der Waals surface area contributed by atoms with Crippen LogP contribution in [-0.4, -0.2) is 7.05 Å². The second-order valence-electron chi connectivity index (χ2n) is 2.82. The van der Waals surface area contributed by atoms with Crippen LogP contribution in [0.1, 0.15) is 24.2 Å². The van der Waals surface area contributed by atoms with Gasteiger partial charge in [-0.05, 0) is 25.0 Å². The van der Waals surface area contributed by atoms with E-state index in [1.165, 1.54) is 11.1 Å². The van der Waals surface area contributed by atoms with Gasteiger partial charge in [0.05, 0.1) is 0 Å². The van der Waals surface area contributed by atoms with Crippen molar-refractivity contribution in [2.24, 2.45) is 0 Å². The number of nitrogens with one attached hydrogen (secondary N) is 1. The van der Waals surface area contributed by atoms with E-state index in [-0.39, 0.29) is 6.10 Å². The van der Waals surface area contributed by atoms with Crippen LogP contribution >= 0.6 is 0 Å². The highest BCUT2D eigenvalue weighted by molar-refractivity contribution is 5.27. The fraction of sp³-hybridized carbons (Fsp3) is 0.400. The lowest BCUT2D eigenvalue weighted by Crippen LogP contribution is -2.12. The summed E-state index contributed by atoms with van der Waals surface area (Å²) in [5.41, 5.74) is 5.19. The van der Waals surface area contributed by atoms with Crippen molar-refractivity contribution in [2.45, 2.75) is 20.0 Å². The summed E-state index contributed by atoms with van der Waals surface area (Å²) in [6.07, 6.45) is 0.108. The van der Waals surface area contributed by atoms with E-state index in [0.29, 0.717) is 0 Å². The molecular weight excluding hydrogens is 150 g/mol. The predicted molar refractivity (Wildman–Crippen MR) is 49.7 cm³/mol. The SMILES string of the molecule is CNOC(C)c1ccccc1C. The Balaban J connectivity index is 2.79. The zero-order valence-electron chi connectivity index (χ0n) is 7.79. The maximum Gasteiger partial charge on any atom is 0.101 e. The van der Waals surface area contributed by atoms with Crippen molar-refractivity contribution >= 4 is 0 Å². The summed E-state index contributed by atoms with van der Waals surface area (Å²) in [7, 11) is 1.77. The third kappa shape index (κ3) is 2.06. The quantitative estimate of drug-likeness (QED) is 0.693. The van der Waals surface area contributed by atoms with Crippen LogP contribution in [-0.2, 0) is 4.84 Å². The standard InChI is InChI=1S/C10H15NO/c1-8-6-4-5-7-10(8)9(2)12-11-3/h4-7,9,11H,1-3H3. The Hall–Kier alpha value is -0.860. The van der Waals surface area contributed by atoms with Crippen molar-refractivity contribution < 1.29 is 4.84 Å². The molecule has 0 aliphatic heterocycles. The summed E-state index contributed by atoms with van der Waals surface area (Å²) in [6.45, 7) is 4.11. The first-order valence-corrected chi connectivity index (χ1v) is 4.13. The zero-order valence-corrected chi connectivity index (χ0v) is 7.79. The molecule has 0 saturated carbocycles. The first kappa shape index (κ1) is 9.23. The molecule has 2 heteroatoms. The number of hydrogen-bond acceptors (Lipinski definition) is 2. The van der Waals surface area contributed by atoms with Gasteiger partial charge in [0, 0.05) is 7.05 Å². The van der Waals surface area contributed by atoms with E-state index in [1.54, 1.807) is 7.05 Å². The van der Waals surface area contributed by atoms with Gasteiger partial charge in [-0.25, -0.2) is 5.48 Å². The van der Waals surface area contributed by atoms with Gasteiger partial charge in [-0.2, -0.15) is 0 Å². The molecule has 1 aromatic rings. The summed E-state index contributed by atoms with van der Waals surface area (Å²) >= 11 is 0. The largest absolute Gasteiger partial charge is 0.294 e. The van der Waals surface area contributed by atoms with E-state index in [2.05, 4.69) is 24.5 Å². The first-order chi connectivity index (χ1) is 5.75. The number of hydroxylamine groups is 1. The smallest absolute Gasteiger partial charge is 0.101 e. The van der Waals surface area contributed by atoms with Gasteiger partial charge in [0.2, 0.25) is 0 Å². The topological polar surface area (TPSA) is 21.3 Å². The second kappa shape index (κ2) is 4.24. The Morgan fingerprint density at radius 1 is 1.33 bits per heavy atom. The maximum atomic E-state index is 5.26. The third-order valence-corrected chi connectivity index (χ3v) is 1.92. The molecule has 0 spiro atoms. The first-order valence-electron chi connectivity index (χ1n) is 4.13. The molecule has 0 radical (unpaired) electrons. The number of aryl methyl sites for hydroxylation is 1. The lowest BCUT2D eigenvalue weighted by molar-refractivity contribution is -0.00290. The van der Waals surface area contributed by atoms with Gasteiger partial charge < -0.3 is 0 Å². The van der Waals surface area contributed by atoms with E-state index in [1.807, 2.05) is 19.1 Å². The van der Waals surface area contributed by atoms with Crippen molar-refractivity contribution in [2.75, 3.05) is 7.05 Å². The summed E-state index contributed by atoms with van der Waals surface area (Å²) in [4.78, 5) is 5.26. The summed E-state index contributed by atoms with van der Waals surface area (Å²) in [5.74, 6) is 0. The Labute approximate surface area is 73.5 Å². The van der Waals surface area contributed by atoms with Crippen molar-refractivity contribution in [1.29, 1.82) is 0 Å². The number of rotatable bonds is 3. The molecule has 0 aliphatic carbocycles. The van der Waals surface area contributed by atoms with Crippen molar-refractivity contribution in [3.8, 4) is 0 Å². The lowest BCUT2D eigenvalue weighted by atomic mass is 10.1. The summed E-state index contributed by atoms with van der Waals surface area (Å²) in [6, 6.07) is 8.23. The highest BCUT2D eigenvalue weighted by Gasteiger charge is 2.06.